The van der Waals surface area contributed by atoms with Crippen LogP contribution in [0.5, 0.6) is 11.5 Å². The Morgan fingerprint density at radius 3 is 2.42 bits per heavy atom. The van der Waals surface area contributed by atoms with E-state index in [-0.39, 0.29) is 30.0 Å². The van der Waals surface area contributed by atoms with E-state index < -0.39 is 4.92 Å². The number of non-ortho nitro benzene ring substituents is 1. The van der Waals surface area contributed by atoms with Crippen LogP contribution in [0.2, 0.25) is 0 Å². The van der Waals surface area contributed by atoms with Gasteiger partial charge in [-0.2, -0.15) is 0 Å². The van der Waals surface area contributed by atoms with Crippen molar-refractivity contribution < 1.29 is 24.0 Å². The van der Waals surface area contributed by atoms with Crippen LogP contribution >= 0.6 is 34.4 Å². The molecule has 2 amide bonds. The number of amides is 2. The van der Waals surface area contributed by atoms with Crippen molar-refractivity contribution in [3.8, 4) is 11.5 Å². The van der Waals surface area contributed by atoms with E-state index in [1.807, 2.05) is 43.3 Å². The minimum Gasteiger partial charge on any atom is -0.490 e. The summed E-state index contributed by atoms with van der Waals surface area (Å²) < 4.78 is 12.5. The molecule has 8 nitrogen and oxygen atoms in total. The van der Waals surface area contributed by atoms with Crippen LogP contribution in [-0.2, 0) is 17.9 Å². The SMILES string of the molecule is CCOc1cc(/C=C2\SC(=O)N(Cc3ccccc3)C2=O)cc(I)c1OCc1ccc([N+](=O)[O-])cc1. The van der Waals surface area contributed by atoms with Gasteiger partial charge in [0, 0.05) is 12.1 Å². The van der Waals surface area contributed by atoms with E-state index in [0.717, 1.165) is 26.5 Å². The number of halogens is 1. The predicted molar refractivity (Wildman–Crippen MR) is 146 cm³/mol. The molecule has 36 heavy (non-hydrogen) atoms. The average Bonchev–Trinajstić information content (AvgIpc) is 3.12. The highest BCUT2D eigenvalue weighted by molar-refractivity contribution is 14.1. The molecule has 0 saturated carbocycles. The summed E-state index contributed by atoms with van der Waals surface area (Å²) in [5.41, 5.74) is 2.37. The number of hydrogen-bond donors (Lipinski definition) is 0. The van der Waals surface area contributed by atoms with Crippen LogP contribution in [0, 0.1) is 13.7 Å². The normalized spacial score (nSPS) is 14.4. The molecule has 4 rings (SSSR count). The number of imide groups is 1. The molecular weight excluding hydrogens is 595 g/mol. The Morgan fingerprint density at radius 1 is 1.03 bits per heavy atom. The number of nitrogens with zero attached hydrogens (tertiary/aromatic N) is 2. The molecule has 3 aromatic rings. The summed E-state index contributed by atoms with van der Waals surface area (Å²) >= 11 is 3.04. The lowest BCUT2D eigenvalue weighted by atomic mass is 10.1. The van der Waals surface area contributed by atoms with Crippen molar-refractivity contribution in [1.82, 2.24) is 4.90 Å². The van der Waals surface area contributed by atoms with Crippen LogP contribution in [0.4, 0.5) is 10.5 Å². The van der Waals surface area contributed by atoms with Gasteiger partial charge in [-0.05, 0) is 88.3 Å². The molecule has 0 radical (unpaired) electrons. The maximum absolute atomic E-state index is 12.9. The van der Waals surface area contributed by atoms with Gasteiger partial charge >= 0.3 is 0 Å². The zero-order valence-corrected chi connectivity index (χ0v) is 22.2. The van der Waals surface area contributed by atoms with E-state index >= 15 is 0 Å². The van der Waals surface area contributed by atoms with Crippen molar-refractivity contribution in [2.75, 3.05) is 6.61 Å². The van der Waals surface area contributed by atoms with Gasteiger partial charge in [0.2, 0.25) is 0 Å². The van der Waals surface area contributed by atoms with Gasteiger partial charge < -0.3 is 9.47 Å². The van der Waals surface area contributed by atoms with Gasteiger partial charge in [-0.1, -0.05) is 30.3 Å². The maximum Gasteiger partial charge on any atom is 0.293 e. The smallest absolute Gasteiger partial charge is 0.293 e. The predicted octanol–water partition coefficient (Wildman–Crippen LogP) is 6.41. The first-order chi connectivity index (χ1) is 17.4. The zero-order valence-electron chi connectivity index (χ0n) is 19.2. The number of carbonyl (C=O) groups excluding carboxylic acids is 2. The molecule has 1 saturated heterocycles. The molecular formula is C26H21IN2O6S. The molecule has 0 atom stereocenters. The minimum absolute atomic E-state index is 0.0147. The molecule has 0 spiro atoms. The molecule has 184 valence electrons. The molecule has 0 unspecified atom stereocenters. The highest BCUT2D eigenvalue weighted by Gasteiger charge is 2.35. The van der Waals surface area contributed by atoms with Crippen LogP contribution in [0.3, 0.4) is 0 Å². The number of benzene rings is 3. The Morgan fingerprint density at radius 2 is 1.75 bits per heavy atom. The second-order valence-corrected chi connectivity index (χ2v) is 9.88. The third kappa shape index (κ3) is 6.05. The maximum atomic E-state index is 12.9. The molecule has 3 aromatic carbocycles. The van der Waals surface area contributed by atoms with Crippen LogP contribution in [-0.4, -0.2) is 27.6 Å². The molecule has 1 aliphatic rings. The number of nitro benzene ring substituents is 1. The summed E-state index contributed by atoms with van der Waals surface area (Å²) in [5.74, 6) is 0.700. The number of ether oxygens (including phenoxy) is 2. The lowest BCUT2D eigenvalue weighted by Crippen LogP contribution is -2.27. The second-order valence-electron chi connectivity index (χ2n) is 7.73. The average molecular weight is 616 g/mol. The van der Waals surface area contributed by atoms with Crippen molar-refractivity contribution in [3.05, 3.63) is 102 Å². The Labute approximate surface area is 225 Å². The van der Waals surface area contributed by atoms with E-state index in [0.29, 0.717) is 28.6 Å². The summed E-state index contributed by atoms with van der Waals surface area (Å²) in [6, 6.07) is 19.1. The van der Waals surface area contributed by atoms with Gasteiger partial charge in [0.1, 0.15) is 6.61 Å². The molecule has 0 aliphatic carbocycles. The zero-order chi connectivity index (χ0) is 25.7. The molecule has 1 fully saturated rings. The number of hydrogen-bond acceptors (Lipinski definition) is 7. The van der Waals surface area contributed by atoms with Gasteiger partial charge in [0.15, 0.2) is 11.5 Å². The fraction of sp³-hybridized carbons (Fsp3) is 0.154. The van der Waals surface area contributed by atoms with Crippen molar-refractivity contribution in [2.24, 2.45) is 0 Å². The third-order valence-electron chi connectivity index (χ3n) is 5.22. The summed E-state index contributed by atoms with van der Waals surface area (Å²) in [7, 11) is 0. The van der Waals surface area contributed by atoms with Gasteiger partial charge in [0.05, 0.1) is 26.6 Å². The molecule has 0 bridgehead atoms. The van der Waals surface area contributed by atoms with Gasteiger partial charge in [-0.3, -0.25) is 24.6 Å². The Kier molecular flexibility index (Phi) is 8.26. The number of nitro groups is 1. The Bertz CT molecular complexity index is 1330. The molecule has 1 heterocycles. The lowest BCUT2D eigenvalue weighted by molar-refractivity contribution is -0.384. The second kappa shape index (κ2) is 11.6. The van der Waals surface area contributed by atoms with Crippen LogP contribution in [0.1, 0.15) is 23.6 Å². The molecule has 0 N–H and O–H groups in total. The van der Waals surface area contributed by atoms with Crippen molar-refractivity contribution in [3.63, 3.8) is 0 Å². The lowest BCUT2D eigenvalue weighted by Gasteiger charge is -2.15. The van der Waals surface area contributed by atoms with Gasteiger partial charge in [0.25, 0.3) is 16.8 Å². The molecule has 10 heteroatoms. The van der Waals surface area contributed by atoms with Crippen LogP contribution < -0.4 is 9.47 Å². The summed E-state index contributed by atoms with van der Waals surface area (Å²) in [4.78, 5) is 37.4. The fourth-order valence-electron chi connectivity index (χ4n) is 3.50. The topological polar surface area (TPSA) is 99.0 Å². The number of thioether (sulfide) groups is 1. The van der Waals surface area contributed by atoms with Crippen LogP contribution in [0.25, 0.3) is 6.08 Å². The molecule has 1 aliphatic heterocycles. The summed E-state index contributed by atoms with van der Waals surface area (Å²) in [6.07, 6.45) is 1.68. The highest BCUT2D eigenvalue weighted by atomic mass is 127. The van der Waals surface area contributed by atoms with Crippen molar-refractivity contribution in [2.45, 2.75) is 20.1 Å². The van der Waals surface area contributed by atoms with E-state index in [1.54, 1.807) is 24.3 Å². The first kappa shape index (κ1) is 25.7. The van der Waals surface area contributed by atoms with E-state index in [1.165, 1.54) is 17.0 Å². The minimum atomic E-state index is -0.449. The van der Waals surface area contributed by atoms with E-state index in [4.69, 9.17) is 9.47 Å². The largest absolute Gasteiger partial charge is 0.490 e. The Balaban J connectivity index is 1.53. The summed E-state index contributed by atoms with van der Waals surface area (Å²) in [6.45, 7) is 2.68. The van der Waals surface area contributed by atoms with Crippen molar-refractivity contribution in [1.29, 1.82) is 0 Å². The monoisotopic (exact) mass is 616 g/mol. The number of rotatable bonds is 9. The number of carbonyl (C=O) groups is 2. The first-order valence-corrected chi connectivity index (χ1v) is 12.9. The quantitative estimate of drug-likeness (QED) is 0.119. The van der Waals surface area contributed by atoms with Gasteiger partial charge in [-0.15, -0.1) is 0 Å². The standard InChI is InChI=1S/C26H21IN2O6S/c1-2-34-22-13-19(12-21(27)24(22)35-16-18-8-10-20(11-9-18)29(32)33)14-23-25(30)28(26(31)36-23)15-17-6-4-3-5-7-17/h3-14H,2,15-16H2,1H3/b23-14-. The van der Waals surface area contributed by atoms with Crippen LogP contribution in [0.15, 0.2) is 71.6 Å². The van der Waals surface area contributed by atoms with Gasteiger partial charge in [-0.25, -0.2) is 0 Å². The van der Waals surface area contributed by atoms with E-state index in [2.05, 4.69) is 22.6 Å². The van der Waals surface area contributed by atoms with Crippen molar-refractivity contribution >= 4 is 57.3 Å². The third-order valence-corrected chi connectivity index (χ3v) is 6.93. The molecule has 0 aromatic heterocycles. The Hall–Kier alpha value is -3.38. The fourth-order valence-corrected chi connectivity index (χ4v) is 5.12. The van der Waals surface area contributed by atoms with E-state index in [9.17, 15) is 19.7 Å². The summed E-state index contributed by atoms with van der Waals surface area (Å²) in [5, 5.41) is 10.5. The highest BCUT2D eigenvalue weighted by Crippen LogP contribution is 2.38. The first-order valence-electron chi connectivity index (χ1n) is 11.0.